The van der Waals surface area contributed by atoms with E-state index in [1.165, 1.54) is 77.3 Å². The van der Waals surface area contributed by atoms with Crippen LogP contribution in [0.2, 0.25) is 0 Å². The molecule has 0 amide bonds. The third kappa shape index (κ3) is 6.15. The Morgan fingerprint density at radius 1 is 0.246 bits per heavy atom. The standard InChI is InChI=1S/C55H40B2/c1-7-19-41(20-8-1)42-31-33-44(34-32-42)55(43-21-9-2-10-22-43)53-39-49(56(45-23-11-3-12-24-45)46-25-13-4-14-26-46)35-37-51(53)52-38-36-50(40-54(52)55)57(47-27-15-5-16-28-47)48-29-17-6-18-30-48/h1-40H. The van der Waals surface area contributed by atoms with Crippen molar-refractivity contribution in [1.82, 2.24) is 0 Å². The number of hydrogen-bond donors (Lipinski definition) is 0. The minimum atomic E-state index is -0.580. The molecule has 0 atom stereocenters. The second-order valence-electron chi connectivity index (χ2n) is 15.2. The summed E-state index contributed by atoms with van der Waals surface area (Å²) in [6.45, 7) is 0.151. The van der Waals surface area contributed by atoms with E-state index in [1.807, 2.05) is 0 Å². The van der Waals surface area contributed by atoms with E-state index in [2.05, 4.69) is 243 Å². The SMILES string of the molecule is c1ccc(B(c2ccccc2)c2ccc3c(c2)C(c2ccccc2)(c2ccc(-c4ccccc4)cc2)c2cc(B(c4ccccc4)c4ccccc4)ccc2-3)cc1. The molecule has 0 unspecified atom stereocenters. The molecule has 266 valence electrons. The molecule has 0 fully saturated rings. The summed E-state index contributed by atoms with van der Waals surface area (Å²) in [5.41, 5.74) is 17.3. The largest absolute Gasteiger partial charge is 0.241 e. The highest BCUT2D eigenvalue weighted by atomic mass is 14.5. The van der Waals surface area contributed by atoms with E-state index in [-0.39, 0.29) is 13.4 Å². The number of rotatable bonds is 9. The van der Waals surface area contributed by atoms with E-state index in [0.717, 1.165) is 0 Å². The Hall–Kier alpha value is -6.89. The van der Waals surface area contributed by atoms with Crippen LogP contribution in [-0.4, -0.2) is 13.4 Å². The quantitative estimate of drug-likeness (QED) is 0.131. The molecule has 0 bridgehead atoms. The van der Waals surface area contributed by atoms with Crippen LogP contribution in [0.1, 0.15) is 22.3 Å². The molecule has 1 aliphatic carbocycles. The Balaban J connectivity index is 1.26. The van der Waals surface area contributed by atoms with Gasteiger partial charge in [-0.2, -0.15) is 0 Å². The minimum Gasteiger partial charge on any atom is -0.0687 e. The molecule has 57 heavy (non-hydrogen) atoms. The van der Waals surface area contributed by atoms with Crippen molar-refractivity contribution in [2.45, 2.75) is 5.41 Å². The van der Waals surface area contributed by atoms with Crippen molar-refractivity contribution in [2.75, 3.05) is 0 Å². The van der Waals surface area contributed by atoms with E-state index in [9.17, 15) is 0 Å². The highest BCUT2D eigenvalue weighted by Crippen LogP contribution is 2.55. The molecule has 0 N–H and O–H groups in total. The van der Waals surface area contributed by atoms with Crippen molar-refractivity contribution < 1.29 is 0 Å². The van der Waals surface area contributed by atoms with E-state index in [4.69, 9.17) is 0 Å². The highest BCUT2D eigenvalue weighted by molar-refractivity contribution is 6.96. The van der Waals surface area contributed by atoms with Gasteiger partial charge in [0.15, 0.2) is 0 Å². The van der Waals surface area contributed by atoms with Crippen molar-refractivity contribution in [3.8, 4) is 22.3 Å². The molecule has 0 heterocycles. The maximum Gasteiger partial charge on any atom is 0.241 e. The third-order valence-corrected chi connectivity index (χ3v) is 12.0. The summed E-state index contributed by atoms with van der Waals surface area (Å²) in [5.74, 6) is 0. The number of benzene rings is 9. The van der Waals surface area contributed by atoms with Crippen molar-refractivity contribution in [2.24, 2.45) is 0 Å². The molecule has 10 rings (SSSR count). The summed E-state index contributed by atoms with van der Waals surface area (Å²) in [6, 6.07) is 89.8. The Morgan fingerprint density at radius 2 is 0.561 bits per heavy atom. The molecule has 0 saturated carbocycles. The van der Waals surface area contributed by atoms with Gasteiger partial charge in [0, 0.05) is 0 Å². The van der Waals surface area contributed by atoms with Crippen molar-refractivity contribution >= 4 is 46.2 Å². The van der Waals surface area contributed by atoms with Gasteiger partial charge >= 0.3 is 0 Å². The molecule has 9 aromatic rings. The van der Waals surface area contributed by atoms with Crippen LogP contribution in [0.3, 0.4) is 0 Å². The van der Waals surface area contributed by atoms with Crippen LogP contribution in [0.4, 0.5) is 0 Å². The molecule has 1 aliphatic rings. The predicted molar refractivity (Wildman–Crippen MR) is 244 cm³/mol. The van der Waals surface area contributed by atoms with Crippen LogP contribution in [0.15, 0.2) is 243 Å². The third-order valence-electron chi connectivity index (χ3n) is 12.0. The Labute approximate surface area is 337 Å². The van der Waals surface area contributed by atoms with Crippen LogP contribution in [0.25, 0.3) is 22.3 Å². The van der Waals surface area contributed by atoms with Gasteiger partial charge in [0.05, 0.1) is 5.41 Å². The van der Waals surface area contributed by atoms with E-state index >= 15 is 0 Å². The van der Waals surface area contributed by atoms with Crippen molar-refractivity contribution in [3.63, 3.8) is 0 Å². The fourth-order valence-corrected chi connectivity index (χ4v) is 9.47. The topological polar surface area (TPSA) is 0 Å². The summed E-state index contributed by atoms with van der Waals surface area (Å²) in [7, 11) is 0. The Kier molecular flexibility index (Phi) is 9.09. The second-order valence-corrected chi connectivity index (χ2v) is 15.2. The normalized spacial score (nSPS) is 12.4. The molecule has 0 aromatic heterocycles. The van der Waals surface area contributed by atoms with E-state index in [0.29, 0.717) is 0 Å². The molecule has 0 spiro atoms. The molecule has 0 saturated heterocycles. The molecule has 0 radical (unpaired) electrons. The van der Waals surface area contributed by atoms with Gasteiger partial charge in [-0.05, 0) is 44.5 Å². The van der Waals surface area contributed by atoms with Gasteiger partial charge in [-0.25, -0.2) is 0 Å². The lowest BCUT2D eigenvalue weighted by molar-refractivity contribution is 0.770. The first-order chi connectivity index (χ1) is 28.3. The van der Waals surface area contributed by atoms with Gasteiger partial charge < -0.3 is 0 Å². The Morgan fingerprint density at radius 3 is 0.947 bits per heavy atom. The second kappa shape index (κ2) is 15.0. The average molecular weight is 723 g/mol. The smallest absolute Gasteiger partial charge is 0.0687 e. The molecule has 0 aliphatic heterocycles. The van der Waals surface area contributed by atoms with Crippen LogP contribution in [0, 0.1) is 0 Å². The summed E-state index contributed by atoms with van der Waals surface area (Å²) < 4.78 is 0. The fourth-order valence-electron chi connectivity index (χ4n) is 9.47. The lowest BCUT2D eigenvalue weighted by Gasteiger charge is -2.35. The molecular formula is C55H40B2. The zero-order valence-corrected chi connectivity index (χ0v) is 31.7. The highest BCUT2D eigenvalue weighted by Gasteiger charge is 2.47. The zero-order valence-electron chi connectivity index (χ0n) is 31.7. The Bertz CT molecular complexity index is 2540. The summed E-state index contributed by atoms with van der Waals surface area (Å²) in [6.07, 6.45) is 0. The van der Waals surface area contributed by atoms with E-state index < -0.39 is 5.41 Å². The predicted octanol–water partition coefficient (Wildman–Crippen LogP) is 8.75. The van der Waals surface area contributed by atoms with Crippen LogP contribution < -0.4 is 32.8 Å². The van der Waals surface area contributed by atoms with Crippen LogP contribution in [-0.2, 0) is 5.41 Å². The van der Waals surface area contributed by atoms with E-state index in [1.54, 1.807) is 0 Å². The lowest BCUT2D eigenvalue weighted by atomic mass is 9.36. The van der Waals surface area contributed by atoms with Crippen LogP contribution in [0.5, 0.6) is 0 Å². The molecule has 0 nitrogen and oxygen atoms in total. The van der Waals surface area contributed by atoms with Gasteiger partial charge in [0.25, 0.3) is 0 Å². The number of hydrogen-bond acceptors (Lipinski definition) is 0. The van der Waals surface area contributed by atoms with Gasteiger partial charge in [-0.3, -0.25) is 0 Å². The molecular weight excluding hydrogens is 682 g/mol. The average Bonchev–Trinajstić information content (AvgIpc) is 3.58. The molecule has 2 heteroatoms. The maximum atomic E-state index is 2.53. The van der Waals surface area contributed by atoms with Crippen molar-refractivity contribution in [1.29, 1.82) is 0 Å². The van der Waals surface area contributed by atoms with Gasteiger partial charge in [-0.15, -0.1) is 0 Å². The minimum absolute atomic E-state index is 0.0754. The first-order valence-electron chi connectivity index (χ1n) is 20.0. The number of fused-ring (bicyclic) bond motifs is 3. The first kappa shape index (κ1) is 34.6. The summed E-state index contributed by atoms with van der Waals surface area (Å²) >= 11 is 0. The zero-order chi connectivity index (χ0) is 38.0. The van der Waals surface area contributed by atoms with Crippen LogP contribution >= 0.6 is 0 Å². The van der Waals surface area contributed by atoms with Gasteiger partial charge in [-0.1, -0.05) is 275 Å². The summed E-state index contributed by atoms with van der Waals surface area (Å²) in [5, 5.41) is 0. The van der Waals surface area contributed by atoms with Gasteiger partial charge in [0.2, 0.25) is 13.4 Å². The summed E-state index contributed by atoms with van der Waals surface area (Å²) in [4.78, 5) is 0. The monoisotopic (exact) mass is 722 g/mol. The van der Waals surface area contributed by atoms with Crippen molar-refractivity contribution in [3.05, 3.63) is 265 Å². The lowest BCUT2D eigenvalue weighted by Crippen LogP contribution is -2.52. The van der Waals surface area contributed by atoms with Gasteiger partial charge in [0.1, 0.15) is 0 Å². The first-order valence-corrected chi connectivity index (χ1v) is 20.0. The molecule has 9 aromatic carbocycles. The fraction of sp³-hybridized carbons (Fsp3) is 0.0182. The maximum absolute atomic E-state index is 2.53.